The Bertz CT molecular complexity index is 167. The summed E-state index contributed by atoms with van der Waals surface area (Å²) in [5.74, 6) is 0. The monoisotopic (exact) mass is 198 g/mol. The molecule has 3 atom stereocenters. The Labute approximate surface area is 74.0 Å². The average molecular weight is 199 g/mol. The van der Waals surface area contributed by atoms with Crippen LogP contribution in [0.5, 0.6) is 0 Å². The van der Waals surface area contributed by atoms with Crippen LogP contribution in [0.3, 0.4) is 0 Å². The van der Waals surface area contributed by atoms with Crippen LogP contribution in [0.2, 0.25) is 0 Å². The van der Waals surface area contributed by atoms with Gasteiger partial charge in [0.15, 0.2) is 5.50 Å². The van der Waals surface area contributed by atoms with Gasteiger partial charge in [-0.15, -0.1) is 11.6 Å². The standard InChI is InChI=1S/C5H8Cl2N2O2/c6-4-2-1-3(9(10)11)5(7)8-4/h3-5,8H,1-2H2. The summed E-state index contributed by atoms with van der Waals surface area (Å²) in [5.41, 5.74) is -0.866. The maximum Gasteiger partial charge on any atom is 0.242 e. The van der Waals surface area contributed by atoms with Crippen LogP contribution in [0.15, 0.2) is 0 Å². The summed E-state index contributed by atoms with van der Waals surface area (Å²) >= 11 is 11.3. The van der Waals surface area contributed by atoms with Gasteiger partial charge in [-0.2, -0.15) is 0 Å². The van der Waals surface area contributed by atoms with Gasteiger partial charge in [-0.05, 0) is 6.42 Å². The Morgan fingerprint density at radius 2 is 2.09 bits per heavy atom. The SMILES string of the molecule is O=[N+]([O-])C1CCC(Cl)NC1Cl. The third kappa shape index (κ3) is 2.18. The van der Waals surface area contributed by atoms with E-state index in [1.807, 2.05) is 0 Å². The van der Waals surface area contributed by atoms with Gasteiger partial charge in [0.1, 0.15) is 0 Å². The first-order valence-corrected chi connectivity index (χ1v) is 4.16. The van der Waals surface area contributed by atoms with Gasteiger partial charge in [0, 0.05) is 11.3 Å². The van der Waals surface area contributed by atoms with E-state index in [9.17, 15) is 10.1 Å². The quantitative estimate of drug-likeness (QED) is 0.298. The highest BCUT2D eigenvalue weighted by Gasteiger charge is 2.35. The Hall–Kier alpha value is -0.0600. The molecule has 0 radical (unpaired) electrons. The van der Waals surface area contributed by atoms with Gasteiger partial charge in [-0.25, -0.2) is 0 Å². The summed E-state index contributed by atoms with van der Waals surface area (Å²) in [4.78, 5) is 9.94. The average Bonchev–Trinajstić information content (AvgIpc) is 1.85. The van der Waals surface area contributed by atoms with Gasteiger partial charge in [-0.1, -0.05) is 11.6 Å². The van der Waals surface area contributed by atoms with Gasteiger partial charge in [-0.3, -0.25) is 15.4 Å². The molecule has 0 aromatic carbocycles. The van der Waals surface area contributed by atoms with Crippen molar-refractivity contribution in [3.8, 4) is 0 Å². The Balaban J connectivity index is 2.50. The third-order valence-electron chi connectivity index (χ3n) is 1.66. The summed E-state index contributed by atoms with van der Waals surface area (Å²) < 4.78 is 0. The van der Waals surface area contributed by atoms with E-state index in [1.54, 1.807) is 0 Å². The first-order chi connectivity index (χ1) is 5.11. The predicted octanol–water partition coefficient (Wildman–Crippen LogP) is 1.14. The van der Waals surface area contributed by atoms with Crippen LogP contribution in [-0.4, -0.2) is 22.0 Å². The molecule has 0 aromatic heterocycles. The van der Waals surface area contributed by atoms with Crippen molar-refractivity contribution in [2.45, 2.75) is 29.9 Å². The molecule has 4 nitrogen and oxygen atoms in total. The molecule has 1 N–H and O–H groups in total. The summed E-state index contributed by atoms with van der Waals surface area (Å²) in [5, 5.41) is 13.0. The molecule has 1 aliphatic rings. The van der Waals surface area contributed by atoms with E-state index in [4.69, 9.17) is 23.2 Å². The molecule has 1 fully saturated rings. The Morgan fingerprint density at radius 3 is 2.55 bits per heavy atom. The van der Waals surface area contributed by atoms with Crippen molar-refractivity contribution in [3.05, 3.63) is 10.1 Å². The minimum atomic E-state index is -0.702. The smallest absolute Gasteiger partial charge is 0.242 e. The van der Waals surface area contributed by atoms with E-state index in [0.29, 0.717) is 12.8 Å². The number of nitro groups is 1. The second-order valence-electron chi connectivity index (χ2n) is 2.47. The Kier molecular flexibility index (Phi) is 2.92. The van der Waals surface area contributed by atoms with Crippen LogP contribution in [-0.2, 0) is 0 Å². The fourth-order valence-electron chi connectivity index (χ4n) is 1.04. The minimum absolute atomic E-state index is 0.228. The first-order valence-electron chi connectivity index (χ1n) is 3.29. The molecule has 11 heavy (non-hydrogen) atoms. The van der Waals surface area contributed by atoms with Gasteiger partial charge in [0.25, 0.3) is 0 Å². The molecule has 0 saturated carbocycles. The van der Waals surface area contributed by atoms with Gasteiger partial charge < -0.3 is 0 Å². The molecule has 1 saturated heterocycles. The largest absolute Gasteiger partial charge is 0.280 e. The van der Waals surface area contributed by atoms with Crippen LogP contribution in [0, 0.1) is 10.1 Å². The lowest BCUT2D eigenvalue weighted by Crippen LogP contribution is -2.48. The van der Waals surface area contributed by atoms with E-state index >= 15 is 0 Å². The van der Waals surface area contributed by atoms with Crippen molar-refractivity contribution in [1.82, 2.24) is 5.32 Å². The van der Waals surface area contributed by atoms with E-state index in [2.05, 4.69) is 5.32 Å². The van der Waals surface area contributed by atoms with Crippen molar-refractivity contribution in [2.75, 3.05) is 0 Å². The number of nitrogens with one attached hydrogen (secondary N) is 1. The van der Waals surface area contributed by atoms with Crippen molar-refractivity contribution < 1.29 is 4.92 Å². The van der Waals surface area contributed by atoms with Crippen molar-refractivity contribution >= 4 is 23.2 Å². The lowest BCUT2D eigenvalue weighted by molar-refractivity contribution is -0.526. The summed E-state index contributed by atoms with van der Waals surface area (Å²) in [6.07, 6.45) is 1.04. The topological polar surface area (TPSA) is 55.2 Å². The van der Waals surface area contributed by atoms with Crippen LogP contribution < -0.4 is 5.32 Å². The zero-order valence-electron chi connectivity index (χ0n) is 5.67. The molecular weight excluding hydrogens is 191 g/mol. The normalized spacial score (nSPS) is 38.5. The van der Waals surface area contributed by atoms with Crippen LogP contribution in [0.4, 0.5) is 0 Å². The number of piperidine rings is 1. The maximum atomic E-state index is 10.3. The molecule has 3 unspecified atom stereocenters. The minimum Gasteiger partial charge on any atom is -0.280 e. The Morgan fingerprint density at radius 1 is 1.45 bits per heavy atom. The summed E-state index contributed by atoms with van der Waals surface area (Å²) in [6.45, 7) is 0. The number of rotatable bonds is 1. The molecule has 0 bridgehead atoms. The van der Waals surface area contributed by atoms with Gasteiger partial charge in [0.2, 0.25) is 6.04 Å². The van der Waals surface area contributed by atoms with Crippen LogP contribution in [0.25, 0.3) is 0 Å². The third-order valence-corrected chi connectivity index (χ3v) is 2.43. The number of hydrogen-bond donors (Lipinski definition) is 1. The van der Waals surface area contributed by atoms with Crippen LogP contribution >= 0.6 is 23.2 Å². The molecule has 0 spiro atoms. The molecule has 0 aromatic rings. The van der Waals surface area contributed by atoms with Crippen molar-refractivity contribution in [1.29, 1.82) is 0 Å². The lowest BCUT2D eigenvalue weighted by atomic mass is 10.1. The van der Waals surface area contributed by atoms with Crippen molar-refractivity contribution in [3.63, 3.8) is 0 Å². The highest BCUT2D eigenvalue weighted by atomic mass is 35.5. The van der Waals surface area contributed by atoms with Crippen molar-refractivity contribution in [2.24, 2.45) is 0 Å². The second kappa shape index (κ2) is 3.56. The number of alkyl halides is 2. The fourth-order valence-corrected chi connectivity index (χ4v) is 1.74. The molecule has 0 aliphatic carbocycles. The summed E-state index contributed by atoms with van der Waals surface area (Å²) in [7, 11) is 0. The number of halogens is 2. The summed E-state index contributed by atoms with van der Waals surface area (Å²) in [6, 6.07) is -0.702. The van der Waals surface area contributed by atoms with Gasteiger partial charge in [0.05, 0.1) is 5.50 Å². The van der Waals surface area contributed by atoms with Gasteiger partial charge >= 0.3 is 0 Å². The number of nitrogens with zero attached hydrogens (tertiary/aromatic N) is 1. The number of hydrogen-bond acceptors (Lipinski definition) is 3. The highest BCUT2D eigenvalue weighted by Crippen LogP contribution is 2.20. The fraction of sp³-hybridized carbons (Fsp3) is 1.00. The first kappa shape index (κ1) is 9.03. The predicted molar refractivity (Wildman–Crippen MR) is 42.4 cm³/mol. The van der Waals surface area contributed by atoms with E-state index in [0.717, 1.165) is 0 Å². The zero-order chi connectivity index (χ0) is 8.43. The lowest BCUT2D eigenvalue weighted by Gasteiger charge is -2.25. The van der Waals surface area contributed by atoms with E-state index in [1.165, 1.54) is 0 Å². The second-order valence-corrected chi connectivity index (χ2v) is 3.46. The molecule has 1 heterocycles. The maximum absolute atomic E-state index is 10.3. The molecule has 0 amide bonds. The van der Waals surface area contributed by atoms with Crippen LogP contribution in [0.1, 0.15) is 12.8 Å². The molecule has 6 heteroatoms. The van der Waals surface area contributed by atoms with E-state index in [-0.39, 0.29) is 10.4 Å². The van der Waals surface area contributed by atoms with E-state index < -0.39 is 11.5 Å². The molecule has 1 rings (SSSR count). The molecule has 64 valence electrons. The zero-order valence-corrected chi connectivity index (χ0v) is 7.18. The molecular formula is C5H8Cl2N2O2. The molecule has 1 aliphatic heterocycles. The highest BCUT2D eigenvalue weighted by molar-refractivity contribution is 6.23.